The lowest BCUT2D eigenvalue weighted by Crippen LogP contribution is -2.48. The fourth-order valence-corrected chi connectivity index (χ4v) is 5.09. The van der Waals surface area contributed by atoms with Crippen LogP contribution in [0.2, 0.25) is 0 Å². The monoisotopic (exact) mass is 558 g/mol. The molecule has 0 bridgehead atoms. The van der Waals surface area contributed by atoms with Crippen molar-refractivity contribution in [2.45, 2.75) is 46.0 Å². The molecule has 10 nitrogen and oxygen atoms in total. The van der Waals surface area contributed by atoms with Gasteiger partial charge in [0.1, 0.15) is 19.0 Å². The Kier molecular flexibility index (Phi) is 8.98. The van der Waals surface area contributed by atoms with E-state index in [2.05, 4.69) is 65.2 Å². The SMILES string of the molecule is CC(Nc1nccc(N2C(=O)OC[C@@H]2C(C)C)n1)c1ccc(CN2CCN(C(=O)OCc3ccccc3)CC2)cc1. The highest BCUT2D eigenvalue weighted by atomic mass is 16.6. The summed E-state index contributed by atoms with van der Waals surface area (Å²) in [4.78, 5) is 39.5. The van der Waals surface area contributed by atoms with Gasteiger partial charge in [-0.3, -0.25) is 9.80 Å². The molecule has 5 rings (SSSR count). The van der Waals surface area contributed by atoms with Crippen LogP contribution in [-0.2, 0) is 22.6 Å². The van der Waals surface area contributed by atoms with Crippen molar-refractivity contribution in [1.82, 2.24) is 19.8 Å². The Morgan fingerprint density at radius 2 is 1.73 bits per heavy atom. The molecule has 2 atom stereocenters. The molecular weight excluding hydrogens is 520 g/mol. The molecule has 2 saturated heterocycles. The van der Waals surface area contributed by atoms with Crippen LogP contribution in [0.3, 0.4) is 0 Å². The van der Waals surface area contributed by atoms with E-state index < -0.39 is 0 Å². The molecule has 216 valence electrons. The van der Waals surface area contributed by atoms with Gasteiger partial charge in [-0.05, 0) is 35.6 Å². The summed E-state index contributed by atoms with van der Waals surface area (Å²) >= 11 is 0. The maximum absolute atomic E-state index is 12.5. The van der Waals surface area contributed by atoms with Crippen molar-refractivity contribution in [3.05, 3.63) is 83.6 Å². The van der Waals surface area contributed by atoms with Gasteiger partial charge in [0.15, 0.2) is 0 Å². The smallest absolute Gasteiger partial charge is 0.415 e. The molecule has 0 radical (unpaired) electrons. The molecule has 1 aromatic heterocycles. The van der Waals surface area contributed by atoms with Gasteiger partial charge in [0, 0.05) is 38.9 Å². The second kappa shape index (κ2) is 13.0. The standard InChI is InChI=1S/C31H38N6O4/c1-22(2)27-21-41-31(39)37(27)28-13-14-32-29(34-28)33-23(3)26-11-9-24(10-12-26)19-35-15-17-36(18-16-35)30(38)40-20-25-7-5-4-6-8-25/h4-14,22-23,27H,15-21H2,1-3H3,(H,32,33,34)/t23?,27-/m1/s1. The first-order chi connectivity index (χ1) is 19.9. The van der Waals surface area contributed by atoms with E-state index in [0.29, 0.717) is 38.1 Å². The van der Waals surface area contributed by atoms with Gasteiger partial charge in [-0.15, -0.1) is 0 Å². The van der Waals surface area contributed by atoms with E-state index in [-0.39, 0.29) is 30.2 Å². The molecule has 3 heterocycles. The van der Waals surface area contributed by atoms with Crippen molar-refractivity contribution in [3.63, 3.8) is 0 Å². The van der Waals surface area contributed by atoms with Crippen molar-refractivity contribution < 1.29 is 19.1 Å². The van der Waals surface area contributed by atoms with Crippen LogP contribution >= 0.6 is 0 Å². The van der Waals surface area contributed by atoms with Crippen molar-refractivity contribution in [2.75, 3.05) is 43.0 Å². The van der Waals surface area contributed by atoms with E-state index in [4.69, 9.17) is 9.47 Å². The quantitative estimate of drug-likeness (QED) is 0.388. The van der Waals surface area contributed by atoms with Crippen molar-refractivity contribution in [3.8, 4) is 0 Å². The Morgan fingerprint density at radius 3 is 2.44 bits per heavy atom. The lowest BCUT2D eigenvalue weighted by atomic mass is 10.0. The first-order valence-corrected chi connectivity index (χ1v) is 14.2. The zero-order valence-corrected chi connectivity index (χ0v) is 23.9. The number of amides is 2. The predicted molar refractivity (Wildman–Crippen MR) is 156 cm³/mol. The molecule has 0 spiro atoms. The molecule has 2 fully saturated rings. The summed E-state index contributed by atoms with van der Waals surface area (Å²) in [6.07, 6.45) is 1.03. The maximum Gasteiger partial charge on any atom is 0.415 e. The van der Waals surface area contributed by atoms with E-state index in [1.807, 2.05) is 30.3 Å². The number of hydrogen-bond acceptors (Lipinski definition) is 8. The van der Waals surface area contributed by atoms with Gasteiger partial charge in [0.05, 0.1) is 12.1 Å². The van der Waals surface area contributed by atoms with E-state index >= 15 is 0 Å². The number of ether oxygens (including phenoxy) is 2. The number of hydrogen-bond donors (Lipinski definition) is 1. The molecule has 0 saturated carbocycles. The van der Waals surface area contributed by atoms with Gasteiger partial charge in [0.2, 0.25) is 5.95 Å². The molecule has 2 aliphatic rings. The molecule has 1 unspecified atom stereocenters. The van der Waals surface area contributed by atoms with Crippen LogP contribution in [0.5, 0.6) is 0 Å². The molecule has 10 heteroatoms. The third-order valence-corrected chi connectivity index (χ3v) is 7.63. The number of aromatic nitrogens is 2. The number of piperazine rings is 1. The third kappa shape index (κ3) is 7.13. The predicted octanol–water partition coefficient (Wildman–Crippen LogP) is 5.09. The van der Waals surface area contributed by atoms with Gasteiger partial charge in [-0.1, -0.05) is 68.4 Å². The van der Waals surface area contributed by atoms with Crippen molar-refractivity contribution in [1.29, 1.82) is 0 Å². The Morgan fingerprint density at radius 1 is 1.00 bits per heavy atom. The van der Waals surface area contributed by atoms with Crippen LogP contribution in [0.4, 0.5) is 21.4 Å². The van der Waals surface area contributed by atoms with Gasteiger partial charge in [-0.2, -0.15) is 4.98 Å². The van der Waals surface area contributed by atoms with Crippen LogP contribution in [0.15, 0.2) is 66.9 Å². The Labute approximate surface area is 241 Å². The van der Waals surface area contributed by atoms with Gasteiger partial charge < -0.3 is 19.7 Å². The minimum Gasteiger partial charge on any atom is -0.447 e. The number of anilines is 2. The van der Waals surface area contributed by atoms with E-state index in [0.717, 1.165) is 30.8 Å². The third-order valence-electron chi connectivity index (χ3n) is 7.63. The van der Waals surface area contributed by atoms with Crippen molar-refractivity contribution in [2.24, 2.45) is 5.92 Å². The Bertz CT molecular complexity index is 1310. The van der Waals surface area contributed by atoms with E-state index in [1.54, 1.807) is 22.1 Å². The normalized spacial score (nSPS) is 18.3. The number of carbonyl (C=O) groups is 2. The summed E-state index contributed by atoms with van der Waals surface area (Å²) < 4.78 is 10.8. The highest BCUT2D eigenvalue weighted by Gasteiger charge is 2.37. The summed E-state index contributed by atoms with van der Waals surface area (Å²) in [6, 6.07) is 19.9. The lowest BCUT2D eigenvalue weighted by Gasteiger charge is -2.34. The number of cyclic esters (lactones) is 1. The van der Waals surface area contributed by atoms with Crippen LogP contribution < -0.4 is 10.2 Å². The Hall–Kier alpha value is -4.18. The summed E-state index contributed by atoms with van der Waals surface area (Å²) in [5, 5.41) is 3.36. The fraction of sp³-hybridized carbons (Fsp3) is 0.419. The number of carbonyl (C=O) groups excluding carboxylic acids is 2. The number of nitrogens with zero attached hydrogens (tertiary/aromatic N) is 5. The zero-order valence-electron chi connectivity index (χ0n) is 23.9. The summed E-state index contributed by atoms with van der Waals surface area (Å²) in [6.45, 7) is 10.6. The molecule has 2 amide bonds. The number of benzene rings is 2. The van der Waals surface area contributed by atoms with E-state index in [1.165, 1.54) is 5.56 Å². The van der Waals surface area contributed by atoms with Gasteiger partial charge in [-0.25, -0.2) is 14.6 Å². The summed E-state index contributed by atoms with van der Waals surface area (Å²) in [5.74, 6) is 1.24. The van der Waals surface area contributed by atoms with Gasteiger partial charge >= 0.3 is 12.2 Å². The zero-order chi connectivity index (χ0) is 28.8. The lowest BCUT2D eigenvalue weighted by molar-refractivity contribution is 0.0700. The topological polar surface area (TPSA) is 100 Å². The van der Waals surface area contributed by atoms with E-state index in [9.17, 15) is 9.59 Å². The highest BCUT2D eigenvalue weighted by Crippen LogP contribution is 2.27. The van der Waals surface area contributed by atoms with Crippen LogP contribution in [0, 0.1) is 5.92 Å². The minimum atomic E-state index is -0.374. The average Bonchev–Trinajstić information content (AvgIpc) is 3.39. The molecule has 1 N–H and O–H groups in total. The Balaban J connectivity index is 1.10. The number of rotatable bonds is 9. The average molecular weight is 559 g/mol. The second-order valence-electron chi connectivity index (χ2n) is 10.9. The maximum atomic E-state index is 12.5. The van der Waals surface area contributed by atoms with Gasteiger partial charge in [0.25, 0.3) is 0 Å². The first kappa shape index (κ1) is 28.4. The molecule has 41 heavy (non-hydrogen) atoms. The second-order valence-corrected chi connectivity index (χ2v) is 10.9. The molecular formula is C31H38N6O4. The molecule has 3 aromatic rings. The summed E-state index contributed by atoms with van der Waals surface area (Å²) in [7, 11) is 0. The molecule has 2 aromatic carbocycles. The minimum absolute atomic E-state index is 0.0313. The van der Waals surface area contributed by atoms with Crippen LogP contribution in [-0.4, -0.2) is 70.8 Å². The fourth-order valence-electron chi connectivity index (χ4n) is 5.09. The highest BCUT2D eigenvalue weighted by molar-refractivity contribution is 5.89. The summed E-state index contributed by atoms with van der Waals surface area (Å²) in [5.41, 5.74) is 3.31. The van der Waals surface area contributed by atoms with Crippen molar-refractivity contribution >= 4 is 24.0 Å². The van der Waals surface area contributed by atoms with Crippen LogP contribution in [0.1, 0.15) is 43.5 Å². The first-order valence-electron chi connectivity index (χ1n) is 14.2. The van der Waals surface area contributed by atoms with Crippen LogP contribution in [0.25, 0.3) is 0 Å². The largest absolute Gasteiger partial charge is 0.447 e. The molecule has 2 aliphatic heterocycles. The molecule has 0 aliphatic carbocycles. The number of nitrogens with one attached hydrogen (secondary N) is 1.